The first-order chi connectivity index (χ1) is 12.6. The molecule has 154 valence electrons. The van der Waals surface area contributed by atoms with Gasteiger partial charge in [-0.3, -0.25) is 0 Å². The molecule has 6 heteroatoms. The van der Waals surface area contributed by atoms with Crippen molar-refractivity contribution in [3.63, 3.8) is 0 Å². The molecule has 0 N–H and O–H groups in total. The summed E-state index contributed by atoms with van der Waals surface area (Å²) in [5.41, 5.74) is 3.70. The molecule has 0 aromatic heterocycles. The number of ether oxygens (including phenoxy) is 1. The van der Waals surface area contributed by atoms with Crippen LogP contribution in [0.25, 0.3) is 0 Å². The van der Waals surface area contributed by atoms with E-state index in [1.54, 1.807) is 0 Å². The van der Waals surface area contributed by atoms with Gasteiger partial charge in [0.1, 0.15) is 5.75 Å². The van der Waals surface area contributed by atoms with Crippen molar-refractivity contribution < 1.29 is 4.74 Å². The van der Waals surface area contributed by atoms with Crippen molar-refractivity contribution in [1.29, 1.82) is 0 Å². The van der Waals surface area contributed by atoms with Crippen molar-refractivity contribution in [2.24, 2.45) is 0 Å². The highest BCUT2D eigenvalue weighted by Gasteiger charge is 2.47. The Hall–Kier alpha value is -1.13. The molecule has 28 heavy (non-hydrogen) atoms. The van der Waals surface area contributed by atoms with Crippen LogP contribution in [-0.4, -0.2) is 48.1 Å². The molecule has 1 aliphatic carbocycles. The lowest BCUT2D eigenvalue weighted by Crippen LogP contribution is -2.51. The van der Waals surface area contributed by atoms with Gasteiger partial charge < -0.3 is 14.5 Å². The Morgan fingerprint density at radius 3 is 2.75 bits per heavy atom. The number of rotatable bonds is 5. The number of hydrogen-bond donors (Lipinski definition) is 0. The molecule has 0 saturated heterocycles. The average molecular weight is 444 g/mol. The first-order valence-electron chi connectivity index (χ1n) is 9.66. The molecule has 0 saturated carbocycles. The van der Waals surface area contributed by atoms with Gasteiger partial charge in [-0.1, -0.05) is 49.7 Å². The van der Waals surface area contributed by atoms with Crippen molar-refractivity contribution in [2.45, 2.75) is 32.3 Å². The molecule has 2 aliphatic heterocycles. The van der Waals surface area contributed by atoms with Crippen LogP contribution in [0.1, 0.15) is 25.8 Å². The number of fused-ring (bicyclic) bond motifs is 3. The number of benzene rings is 1. The van der Waals surface area contributed by atoms with Crippen LogP contribution in [0.5, 0.6) is 5.75 Å². The predicted molar refractivity (Wildman–Crippen MR) is 122 cm³/mol. The summed E-state index contributed by atoms with van der Waals surface area (Å²) in [5, 5.41) is 0.739. The smallest absolute Gasteiger partial charge is 0.156 e. The largest absolute Gasteiger partial charge is 0.480 e. The van der Waals surface area contributed by atoms with E-state index in [0.29, 0.717) is 0 Å². The van der Waals surface area contributed by atoms with Crippen LogP contribution < -0.4 is 4.74 Å². The van der Waals surface area contributed by atoms with E-state index < -0.39 is 0 Å². The van der Waals surface area contributed by atoms with Crippen LogP contribution in [0, 0.1) is 0 Å². The van der Waals surface area contributed by atoms with Gasteiger partial charge in [-0.15, -0.1) is 24.8 Å². The number of nitrogens with zero attached hydrogens (tertiary/aromatic N) is 2. The van der Waals surface area contributed by atoms with Crippen molar-refractivity contribution in [1.82, 2.24) is 9.80 Å². The maximum atomic E-state index is 6.59. The van der Waals surface area contributed by atoms with Crippen LogP contribution in [0.15, 0.2) is 53.8 Å². The van der Waals surface area contributed by atoms with Crippen molar-refractivity contribution in [3.05, 3.63) is 64.4 Å². The van der Waals surface area contributed by atoms with Gasteiger partial charge in [0.2, 0.25) is 0 Å². The second kappa shape index (κ2) is 9.58. The molecule has 1 unspecified atom stereocenters. The van der Waals surface area contributed by atoms with Gasteiger partial charge in [0.15, 0.2) is 5.60 Å². The second-order valence-electron chi connectivity index (χ2n) is 7.39. The lowest BCUT2D eigenvalue weighted by molar-refractivity contribution is 0.0857. The molecule has 3 aliphatic rings. The van der Waals surface area contributed by atoms with E-state index in [2.05, 4.69) is 54.1 Å². The zero-order valence-electron chi connectivity index (χ0n) is 16.5. The summed E-state index contributed by atoms with van der Waals surface area (Å²) < 4.78 is 6.59. The van der Waals surface area contributed by atoms with Gasteiger partial charge in [-0.05, 0) is 42.8 Å². The highest BCUT2D eigenvalue weighted by atomic mass is 35.5. The summed E-state index contributed by atoms with van der Waals surface area (Å²) in [4.78, 5) is 4.93. The first-order valence-corrected chi connectivity index (χ1v) is 10.0. The minimum Gasteiger partial charge on any atom is -0.480 e. The molecule has 1 spiro atoms. The fourth-order valence-corrected chi connectivity index (χ4v) is 4.50. The van der Waals surface area contributed by atoms with Crippen LogP contribution in [0.4, 0.5) is 0 Å². The van der Waals surface area contributed by atoms with Crippen molar-refractivity contribution >= 4 is 36.4 Å². The zero-order valence-corrected chi connectivity index (χ0v) is 18.9. The molecule has 0 bridgehead atoms. The molecule has 4 rings (SSSR count). The van der Waals surface area contributed by atoms with Crippen LogP contribution in [-0.2, 0) is 6.42 Å². The normalized spacial score (nSPS) is 21.9. The lowest BCUT2D eigenvalue weighted by atomic mass is 9.79. The van der Waals surface area contributed by atoms with E-state index in [9.17, 15) is 0 Å². The predicted octanol–water partition coefficient (Wildman–Crippen LogP) is 5.28. The highest BCUT2D eigenvalue weighted by molar-refractivity contribution is 6.30. The Labute approximate surface area is 185 Å². The fraction of sp³-hybridized carbons (Fsp3) is 0.455. The standard InChI is InChI=1S/C22H27ClN2O.2ClH/c1-3-24(4-2)11-12-25-15-18-7-5-6-8-20(18)22(16-25)14-17-9-10-19(23)13-21(17)26-22;;/h5-6,8-10,13,15H,3-4,7,11-12,14,16H2,1-2H3;2*1H. The molecular formula is C22H29Cl3N2O. The lowest BCUT2D eigenvalue weighted by Gasteiger charge is -2.42. The number of allylic oxidation sites excluding steroid dienone is 3. The van der Waals surface area contributed by atoms with Gasteiger partial charge in [0.05, 0.1) is 6.54 Å². The highest BCUT2D eigenvalue weighted by Crippen LogP contribution is 2.46. The molecular weight excluding hydrogens is 415 g/mol. The van der Waals surface area contributed by atoms with Crippen LogP contribution >= 0.6 is 36.4 Å². The molecule has 0 radical (unpaired) electrons. The maximum Gasteiger partial charge on any atom is 0.156 e. The summed E-state index contributed by atoms with van der Waals surface area (Å²) in [7, 11) is 0. The van der Waals surface area contributed by atoms with E-state index in [1.165, 1.54) is 16.7 Å². The zero-order chi connectivity index (χ0) is 18.1. The third-order valence-electron chi connectivity index (χ3n) is 5.78. The first kappa shape index (κ1) is 23.2. The van der Waals surface area contributed by atoms with Crippen molar-refractivity contribution in [2.75, 3.05) is 32.7 Å². The maximum absolute atomic E-state index is 6.59. The number of likely N-dealkylation sites (N-methyl/N-ethyl adjacent to an activating group) is 1. The monoisotopic (exact) mass is 442 g/mol. The molecule has 0 fully saturated rings. The number of hydrogen-bond acceptors (Lipinski definition) is 3. The molecule has 1 aromatic rings. The van der Waals surface area contributed by atoms with Gasteiger partial charge in [-0.2, -0.15) is 0 Å². The Kier molecular flexibility index (Phi) is 7.92. The fourth-order valence-electron chi connectivity index (χ4n) is 4.34. The summed E-state index contributed by atoms with van der Waals surface area (Å²) in [6.07, 6.45) is 10.9. The molecule has 1 atom stereocenters. The summed E-state index contributed by atoms with van der Waals surface area (Å²) in [5.74, 6) is 0.942. The Morgan fingerprint density at radius 1 is 1.21 bits per heavy atom. The van der Waals surface area contributed by atoms with Crippen LogP contribution in [0.2, 0.25) is 5.02 Å². The molecule has 0 amide bonds. The minimum absolute atomic E-state index is 0. The van der Waals surface area contributed by atoms with E-state index in [0.717, 1.165) is 56.3 Å². The van der Waals surface area contributed by atoms with Gasteiger partial charge in [0.25, 0.3) is 0 Å². The van der Waals surface area contributed by atoms with Gasteiger partial charge in [0, 0.05) is 36.3 Å². The Bertz CT molecular complexity index is 786. The summed E-state index contributed by atoms with van der Waals surface area (Å²) in [6.45, 7) is 9.66. The molecule has 1 aromatic carbocycles. The van der Waals surface area contributed by atoms with Gasteiger partial charge in [-0.25, -0.2) is 0 Å². The Balaban J connectivity index is 0.00000140. The molecule has 2 heterocycles. The minimum atomic E-state index is -0.287. The van der Waals surface area contributed by atoms with E-state index in [4.69, 9.17) is 16.3 Å². The third-order valence-corrected chi connectivity index (χ3v) is 6.01. The van der Waals surface area contributed by atoms with E-state index in [-0.39, 0.29) is 30.4 Å². The summed E-state index contributed by atoms with van der Waals surface area (Å²) in [6, 6.07) is 6.04. The summed E-state index contributed by atoms with van der Waals surface area (Å²) >= 11 is 6.20. The third kappa shape index (κ3) is 4.38. The van der Waals surface area contributed by atoms with E-state index in [1.807, 2.05) is 12.1 Å². The molecule has 3 nitrogen and oxygen atoms in total. The van der Waals surface area contributed by atoms with Crippen molar-refractivity contribution in [3.8, 4) is 5.75 Å². The van der Waals surface area contributed by atoms with E-state index >= 15 is 0 Å². The number of halogens is 3. The Morgan fingerprint density at radius 2 is 2.00 bits per heavy atom. The SMILES string of the molecule is CCN(CC)CCN1C=C2CC=CC=C2C2(Cc3ccc(Cl)cc3O2)C1.Cl.Cl. The quantitative estimate of drug-likeness (QED) is 0.615. The average Bonchev–Trinajstić information content (AvgIpc) is 3.00. The topological polar surface area (TPSA) is 15.7 Å². The van der Waals surface area contributed by atoms with Crippen LogP contribution in [0.3, 0.4) is 0 Å². The van der Waals surface area contributed by atoms with Gasteiger partial charge >= 0.3 is 0 Å². The second-order valence-corrected chi connectivity index (χ2v) is 7.83.